The van der Waals surface area contributed by atoms with Gasteiger partial charge in [0, 0.05) is 31.4 Å². The van der Waals surface area contributed by atoms with Gasteiger partial charge in [0.2, 0.25) is 0 Å². The van der Waals surface area contributed by atoms with E-state index in [0.29, 0.717) is 12.6 Å². The molecule has 0 aliphatic carbocycles. The Morgan fingerprint density at radius 1 is 1.55 bits per heavy atom. The van der Waals surface area contributed by atoms with E-state index in [1.165, 1.54) is 5.69 Å². The van der Waals surface area contributed by atoms with Gasteiger partial charge in [0.05, 0.1) is 31.2 Å². The predicted octanol–water partition coefficient (Wildman–Crippen LogP) is 1.94. The zero-order chi connectivity index (χ0) is 14.5. The van der Waals surface area contributed by atoms with Crippen LogP contribution in [-0.4, -0.2) is 45.6 Å². The minimum absolute atomic E-state index is 0.222. The van der Waals surface area contributed by atoms with Crippen LogP contribution in [0.15, 0.2) is 18.2 Å². The maximum absolute atomic E-state index is 6.05. The second kappa shape index (κ2) is 6.81. The molecule has 0 radical (unpaired) electrons. The van der Waals surface area contributed by atoms with Gasteiger partial charge in [-0.1, -0.05) is 0 Å². The van der Waals surface area contributed by atoms with Gasteiger partial charge in [-0.3, -0.25) is 0 Å². The quantitative estimate of drug-likeness (QED) is 0.807. The first-order valence-corrected chi connectivity index (χ1v) is 7.11. The molecule has 1 aromatic carbocycles. The van der Waals surface area contributed by atoms with Crippen LogP contribution in [0.2, 0.25) is 0 Å². The molecule has 2 rings (SSSR count). The molecule has 1 fully saturated rings. The molecule has 0 bridgehead atoms. The van der Waals surface area contributed by atoms with Crippen molar-refractivity contribution >= 4 is 17.1 Å². The van der Waals surface area contributed by atoms with Crippen molar-refractivity contribution in [2.45, 2.75) is 25.9 Å². The first-order valence-electron chi connectivity index (χ1n) is 7.11. The monoisotopic (exact) mass is 279 g/mol. The fraction of sp³-hybridized carbons (Fsp3) is 0.600. The molecule has 5 nitrogen and oxygen atoms in total. The molecule has 112 valence electrons. The van der Waals surface area contributed by atoms with Gasteiger partial charge in [0.1, 0.15) is 0 Å². The van der Waals surface area contributed by atoms with E-state index in [-0.39, 0.29) is 6.04 Å². The maximum Gasteiger partial charge on any atom is 0.0668 e. The van der Waals surface area contributed by atoms with Crippen molar-refractivity contribution in [3.63, 3.8) is 0 Å². The van der Waals surface area contributed by atoms with Gasteiger partial charge in [-0.15, -0.1) is 0 Å². The number of anilines is 3. The number of morpholine rings is 1. The van der Waals surface area contributed by atoms with Crippen molar-refractivity contribution in [1.82, 2.24) is 0 Å². The Kier molecular flexibility index (Phi) is 5.09. The Bertz CT molecular complexity index is 439. The zero-order valence-electron chi connectivity index (χ0n) is 12.6. The van der Waals surface area contributed by atoms with Crippen molar-refractivity contribution < 1.29 is 9.47 Å². The standard InChI is InChI=1S/C15H25N3O2/c1-11(9-19-3)17-15-8-13(4-5-14(15)16)18-6-7-20-10-12(18)2/h4-5,8,11-12,17H,6-7,9-10,16H2,1-3H3. The normalized spacial score (nSPS) is 20.8. The Morgan fingerprint density at radius 2 is 2.35 bits per heavy atom. The number of nitrogens with one attached hydrogen (secondary N) is 1. The van der Waals surface area contributed by atoms with Crippen LogP contribution in [0.25, 0.3) is 0 Å². The second-order valence-electron chi connectivity index (χ2n) is 5.39. The highest BCUT2D eigenvalue weighted by Gasteiger charge is 2.19. The average Bonchev–Trinajstić information content (AvgIpc) is 2.42. The molecule has 0 spiro atoms. The topological polar surface area (TPSA) is 59.8 Å². The molecule has 3 N–H and O–H groups in total. The first kappa shape index (κ1) is 14.9. The van der Waals surface area contributed by atoms with Crippen molar-refractivity contribution in [2.24, 2.45) is 0 Å². The van der Waals surface area contributed by atoms with E-state index in [1.54, 1.807) is 7.11 Å². The van der Waals surface area contributed by atoms with Gasteiger partial charge in [-0.25, -0.2) is 0 Å². The lowest BCUT2D eigenvalue weighted by atomic mass is 10.1. The van der Waals surface area contributed by atoms with Crippen LogP contribution in [-0.2, 0) is 9.47 Å². The van der Waals surface area contributed by atoms with Crippen LogP contribution >= 0.6 is 0 Å². The summed E-state index contributed by atoms with van der Waals surface area (Å²) in [7, 11) is 1.70. The molecule has 20 heavy (non-hydrogen) atoms. The summed E-state index contributed by atoms with van der Waals surface area (Å²) in [6.07, 6.45) is 0. The molecule has 1 heterocycles. The van der Waals surface area contributed by atoms with E-state index in [2.05, 4.69) is 36.2 Å². The summed E-state index contributed by atoms with van der Waals surface area (Å²) in [6.45, 7) is 7.36. The van der Waals surface area contributed by atoms with E-state index < -0.39 is 0 Å². The van der Waals surface area contributed by atoms with E-state index in [9.17, 15) is 0 Å². The number of rotatable bonds is 5. The number of nitrogens with zero attached hydrogens (tertiary/aromatic N) is 1. The van der Waals surface area contributed by atoms with Crippen molar-refractivity contribution in [2.75, 3.05) is 49.4 Å². The molecule has 5 heteroatoms. The van der Waals surface area contributed by atoms with Crippen LogP contribution in [0, 0.1) is 0 Å². The van der Waals surface area contributed by atoms with Crippen LogP contribution < -0.4 is 16.0 Å². The van der Waals surface area contributed by atoms with Gasteiger partial charge in [-0.2, -0.15) is 0 Å². The number of nitrogen functional groups attached to an aromatic ring is 1. The summed E-state index contributed by atoms with van der Waals surface area (Å²) in [5.41, 5.74) is 8.96. The number of hydrogen-bond acceptors (Lipinski definition) is 5. The highest BCUT2D eigenvalue weighted by molar-refractivity contribution is 5.72. The Labute approximate surface area is 121 Å². The maximum atomic E-state index is 6.05. The van der Waals surface area contributed by atoms with Crippen molar-refractivity contribution in [3.8, 4) is 0 Å². The summed E-state index contributed by atoms with van der Waals surface area (Å²) in [5, 5.41) is 3.40. The molecular formula is C15H25N3O2. The minimum Gasteiger partial charge on any atom is -0.397 e. The second-order valence-corrected chi connectivity index (χ2v) is 5.39. The molecule has 0 saturated carbocycles. The molecule has 1 aliphatic heterocycles. The van der Waals surface area contributed by atoms with Crippen molar-refractivity contribution in [1.29, 1.82) is 0 Å². The number of hydrogen-bond donors (Lipinski definition) is 2. The summed E-state index contributed by atoms with van der Waals surface area (Å²) >= 11 is 0. The summed E-state index contributed by atoms with van der Waals surface area (Å²) in [5.74, 6) is 0. The molecular weight excluding hydrogens is 254 g/mol. The predicted molar refractivity (Wildman–Crippen MR) is 83.4 cm³/mol. The molecule has 1 saturated heterocycles. The van der Waals surface area contributed by atoms with E-state index >= 15 is 0 Å². The molecule has 2 atom stereocenters. The Balaban J connectivity index is 2.15. The smallest absolute Gasteiger partial charge is 0.0668 e. The third-order valence-electron chi connectivity index (χ3n) is 3.55. The Hall–Kier alpha value is -1.46. The lowest BCUT2D eigenvalue weighted by Crippen LogP contribution is -2.43. The number of ether oxygens (including phenoxy) is 2. The van der Waals surface area contributed by atoms with Gasteiger partial charge in [0.25, 0.3) is 0 Å². The van der Waals surface area contributed by atoms with Gasteiger partial charge >= 0.3 is 0 Å². The van der Waals surface area contributed by atoms with Gasteiger partial charge < -0.3 is 25.4 Å². The summed E-state index contributed by atoms with van der Waals surface area (Å²) < 4.78 is 10.6. The van der Waals surface area contributed by atoms with Crippen LogP contribution in [0.1, 0.15) is 13.8 Å². The first-order chi connectivity index (χ1) is 9.61. The lowest BCUT2D eigenvalue weighted by Gasteiger charge is -2.35. The minimum atomic E-state index is 0.222. The van der Waals surface area contributed by atoms with E-state index in [1.807, 2.05) is 6.07 Å². The fourth-order valence-corrected chi connectivity index (χ4v) is 2.52. The molecule has 0 amide bonds. The summed E-state index contributed by atoms with van der Waals surface area (Å²) in [4.78, 5) is 2.36. The third-order valence-corrected chi connectivity index (χ3v) is 3.55. The lowest BCUT2D eigenvalue weighted by molar-refractivity contribution is 0.0989. The van der Waals surface area contributed by atoms with Gasteiger partial charge in [0.15, 0.2) is 0 Å². The van der Waals surface area contributed by atoms with E-state index in [4.69, 9.17) is 15.2 Å². The van der Waals surface area contributed by atoms with E-state index in [0.717, 1.165) is 31.1 Å². The third kappa shape index (κ3) is 3.55. The highest BCUT2D eigenvalue weighted by Crippen LogP contribution is 2.28. The number of benzene rings is 1. The van der Waals surface area contributed by atoms with Crippen LogP contribution in [0.3, 0.4) is 0 Å². The average molecular weight is 279 g/mol. The van der Waals surface area contributed by atoms with Crippen LogP contribution in [0.4, 0.5) is 17.1 Å². The Morgan fingerprint density at radius 3 is 3.05 bits per heavy atom. The molecule has 0 aromatic heterocycles. The molecule has 1 aromatic rings. The van der Waals surface area contributed by atoms with Crippen LogP contribution in [0.5, 0.6) is 0 Å². The zero-order valence-corrected chi connectivity index (χ0v) is 12.6. The van der Waals surface area contributed by atoms with Gasteiger partial charge in [-0.05, 0) is 32.0 Å². The number of nitrogens with two attached hydrogens (primary N) is 1. The molecule has 2 unspecified atom stereocenters. The summed E-state index contributed by atoms with van der Waals surface area (Å²) in [6, 6.07) is 6.75. The van der Waals surface area contributed by atoms with Crippen molar-refractivity contribution in [3.05, 3.63) is 18.2 Å². The largest absolute Gasteiger partial charge is 0.397 e. The number of methoxy groups -OCH3 is 1. The highest BCUT2D eigenvalue weighted by atomic mass is 16.5. The fourth-order valence-electron chi connectivity index (χ4n) is 2.52. The SMILES string of the molecule is COCC(C)Nc1cc(N2CCOCC2C)ccc1N. The molecule has 1 aliphatic rings.